The molecule has 0 bridgehead atoms. The maximum absolute atomic E-state index is 11.8. The SMILES string of the molecule is CN(CCCC(=O)O)C(=O)Cc1cccc(Cl)c1. The Hall–Kier alpha value is -1.55. The highest BCUT2D eigenvalue weighted by Crippen LogP contribution is 2.11. The molecule has 1 aromatic rings. The van der Waals surface area contributed by atoms with Gasteiger partial charge in [-0.3, -0.25) is 9.59 Å². The number of likely N-dealkylation sites (N-methyl/N-ethyl adjacent to an activating group) is 1. The van der Waals surface area contributed by atoms with Crippen molar-refractivity contribution < 1.29 is 14.7 Å². The van der Waals surface area contributed by atoms with Crippen LogP contribution in [0.25, 0.3) is 0 Å². The summed E-state index contributed by atoms with van der Waals surface area (Å²) in [4.78, 5) is 23.7. The average Bonchev–Trinajstić information content (AvgIpc) is 2.28. The number of amides is 1. The summed E-state index contributed by atoms with van der Waals surface area (Å²) in [5.74, 6) is -0.881. The number of rotatable bonds is 6. The number of hydrogen-bond donors (Lipinski definition) is 1. The van der Waals surface area contributed by atoms with E-state index in [2.05, 4.69) is 0 Å². The summed E-state index contributed by atoms with van der Waals surface area (Å²) in [7, 11) is 1.68. The Bertz CT molecular complexity index is 434. The molecule has 98 valence electrons. The third-order valence-corrected chi connectivity index (χ3v) is 2.79. The summed E-state index contributed by atoms with van der Waals surface area (Å²) < 4.78 is 0. The van der Waals surface area contributed by atoms with Gasteiger partial charge in [0, 0.05) is 25.0 Å². The second-order valence-electron chi connectivity index (χ2n) is 4.12. The van der Waals surface area contributed by atoms with Crippen LogP contribution >= 0.6 is 11.6 Å². The molecule has 4 nitrogen and oxygen atoms in total. The van der Waals surface area contributed by atoms with Crippen LogP contribution in [0.2, 0.25) is 5.02 Å². The van der Waals surface area contributed by atoms with E-state index in [1.54, 1.807) is 30.1 Å². The van der Waals surface area contributed by atoms with Crippen molar-refractivity contribution in [2.45, 2.75) is 19.3 Å². The first-order valence-electron chi connectivity index (χ1n) is 5.69. The molecule has 0 spiro atoms. The molecule has 18 heavy (non-hydrogen) atoms. The lowest BCUT2D eigenvalue weighted by Gasteiger charge is -2.16. The van der Waals surface area contributed by atoms with Gasteiger partial charge in [-0.15, -0.1) is 0 Å². The monoisotopic (exact) mass is 269 g/mol. The number of nitrogens with zero attached hydrogens (tertiary/aromatic N) is 1. The van der Waals surface area contributed by atoms with Crippen LogP contribution in [0.15, 0.2) is 24.3 Å². The van der Waals surface area contributed by atoms with E-state index in [0.717, 1.165) is 5.56 Å². The van der Waals surface area contributed by atoms with Gasteiger partial charge < -0.3 is 10.0 Å². The predicted molar refractivity (Wildman–Crippen MR) is 69.7 cm³/mol. The molecule has 0 unspecified atom stereocenters. The van der Waals surface area contributed by atoms with Crippen molar-refractivity contribution in [2.24, 2.45) is 0 Å². The lowest BCUT2D eigenvalue weighted by atomic mass is 10.1. The molecule has 1 N–H and O–H groups in total. The van der Waals surface area contributed by atoms with E-state index in [-0.39, 0.29) is 18.7 Å². The van der Waals surface area contributed by atoms with Gasteiger partial charge in [0.2, 0.25) is 5.91 Å². The number of benzene rings is 1. The van der Waals surface area contributed by atoms with Crippen LogP contribution in [0.1, 0.15) is 18.4 Å². The molecule has 1 amide bonds. The van der Waals surface area contributed by atoms with Crippen molar-refractivity contribution in [1.29, 1.82) is 0 Å². The molecule has 0 aliphatic rings. The minimum Gasteiger partial charge on any atom is -0.481 e. The van der Waals surface area contributed by atoms with Crippen molar-refractivity contribution in [3.63, 3.8) is 0 Å². The number of carbonyl (C=O) groups is 2. The van der Waals surface area contributed by atoms with E-state index in [1.165, 1.54) is 0 Å². The molecule has 1 aromatic carbocycles. The summed E-state index contributed by atoms with van der Waals surface area (Å²) in [6.07, 6.45) is 0.825. The molecule has 0 fully saturated rings. The summed E-state index contributed by atoms with van der Waals surface area (Å²) >= 11 is 5.84. The molecule has 0 aliphatic heterocycles. The van der Waals surface area contributed by atoms with E-state index >= 15 is 0 Å². The lowest BCUT2D eigenvalue weighted by Crippen LogP contribution is -2.29. The third-order valence-electron chi connectivity index (χ3n) is 2.55. The summed E-state index contributed by atoms with van der Waals surface area (Å²) in [6.45, 7) is 0.450. The molecule has 0 radical (unpaired) electrons. The Morgan fingerprint density at radius 1 is 1.39 bits per heavy atom. The highest BCUT2D eigenvalue weighted by atomic mass is 35.5. The zero-order valence-electron chi connectivity index (χ0n) is 10.2. The van der Waals surface area contributed by atoms with Gasteiger partial charge >= 0.3 is 5.97 Å². The average molecular weight is 270 g/mol. The van der Waals surface area contributed by atoms with Gasteiger partial charge in [0.1, 0.15) is 0 Å². The maximum Gasteiger partial charge on any atom is 0.303 e. The van der Waals surface area contributed by atoms with Crippen molar-refractivity contribution in [1.82, 2.24) is 4.90 Å². The Morgan fingerprint density at radius 2 is 2.11 bits per heavy atom. The molecule has 0 aliphatic carbocycles. The molecule has 0 saturated carbocycles. The number of halogens is 1. The molecular weight excluding hydrogens is 254 g/mol. The fourth-order valence-electron chi connectivity index (χ4n) is 1.55. The van der Waals surface area contributed by atoms with E-state index < -0.39 is 5.97 Å². The number of carboxylic acid groups (broad SMARTS) is 1. The lowest BCUT2D eigenvalue weighted by molar-refractivity contribution is -0.138. The maximum atomic E-state index is 11.8. The standard InChI is InChI=1S/C13H16ClNO3/c1-15(7-3-6-13(17)18)12(16)9-10-4-2-5-11(14)8-10/h2,4-5,8H,3,6-7,9H2,1H3,(H,17,18). The van der Waals surface area contributed by atoms with Crippen LogP contribution in [-0.2, 0) is 16.0 Å². The van der Waals surface area contributed by atoms with Gasteiger partial charge in [-0.1, -0.05) is 23.7 Å². The second kappa shape index (κ2) is 7.01. The molecular formula is C13H16ClNO3. The van der Waals surface area contributed by atoms with Crippen LogP contribution in [0.4, 0.5) is 0 Å². The van der Waals surface area contributed by atoms with Gasteiger partial charge in [-0.25, -0.2) is 0 Å². The molecule has 1 rings (SSSR count). The van der Waals surface area contributed by atoms with Gasteiger partial charge in [-0.05, 0) is 24.1 Å². The van der Waals surface area contributed by atoms with Gasteiger partial charge in [0.25, 0.3) is 0 Å². The smallest absolute Gasteiger partial charge is 0.303 e. The summed E-state index contributed by atoms with van der Waals surface area (Å²) in [5.41, 5.74) is 0.859. The molecule has 0 atom stereocenters. The predicted octanol–water partition coefficient (Wildman–Crippen LogP) is 2.21. The van der Waals surface area contributed by atoms with E-state index in [9.17, 15) is 9.59 Å². The molecule has 5 heteroatoms. The fourth-order valence-corrected chi connectivity index (χ4v) is 1.76. The topological polar surface area (TPSA) is 57.6 Å². The molecule has 0 heterocycles. The summed E-state index contributed by atoms with van der Waals surface area (Å²) in [5, 5.41) is 9.12. The second-order valence-corrected chi connectivity index (χ2v) is 4.56. The van der Waals surface area contributed by atoms with Gasteiger partial charge in [0.05, 0.1) is 6.42 Å². The van der Waals surface area contributed by atoms with Gasteiger partial charge in [0.15, 0.2) is 0 Å². The fraction of sp³-hybridized carbons (Fsp3) is 0.385. The van der Waals surface area contributed by atoms with Crippen molar-refractivity contribution in [2.75, 3.05) is 13.6 Å². The van der Waals surface area contributed by atoms with Crippen molar-refractivity contribution in [3.8, 4) is 0 Å². The van der Waals surface area contributed by atoms with Crippen molar-refractivity contribution in [3.05, 3.63) is 34.9 Å². The number of carbonyl (C=O) groups excluding carboxylic acids is 1. The van der Waals surface area contributed by atoms with Gasteiger partial charge in [-0.2, -0.15) is 0 Å². The molecule has 0 aromatic heterocycles. The first-order valence-corrected chi connectivity index (χ1v) is 6.07. The van der Waals surface area contributed by atoms with E-state index in [4.69, 9.17) is 16.7 Å². The quantitative estimate of drug-likeness (QED) is 0.861. The van der Waals surface area contributed by atoms with Crippen LogP contribution in [0.3, 0.4) is 0 Å². The first kappa shape index (κ1) is 14.5. The number of hydrogen-bond acceptors (Lipinski definition) is 2. The number of carboxylic acids is 1. The minimum atomic E-state index is -0.842. The highest BCUT2D eigenvalue weighted by molar-refractivity contribution is 6.30. The van der Waals surface area contributed by atoms with Crippen LogP contribution in [0, 0.1) is 0 Å². The minimum absolute atomic E-state index is 0.0392. The largest absolute Gasteiger partial charge is 0.481 e. The van der Waals surface area contributed by atoms with Crippen molar-refractivity contribution >= 4 is 23.5 Å². The zero-order valence-corrected chi connectivity index (χ0v) is 11.0. The Labute approximate surface area is 111 Å². The van der Waals surface area contributed by atoms with Crippen LogP contribution in [0.5, 0.6) is 0 Å². The molecule has 0 saturated heterocycles. The van der Waals surface area contributed by atoms with E-state index in [0.29, 0.717) is 18.0 Å². The number of aliphatic carboxylic acids is 1. The third kappa shape index (κ3) is 5.19. The Kier molecular flexibility index (Phi) is 5.65. The van der Waals surface area contributed by atoms with E-state index in [1.807, 2.05) is 6.07 Å². The highest BCUT2D eigenvalue weighted by Gasteiger charge is 2.10. The summed E-state index contributed by atoms with van der Waals surface area (Å²) in [6, 6.07) is 7.15. The first-order chi connectivity index (χ1) is 8.49. The van der Waals surface area contributed by atoms with Crippen LogP contribution < -0.4 is 0 Å². The van der Waals surface area contributed by atoms with Crippen LogP contribution in [-0.4, -0.2) is 35.5 Å². The Morgan fingerprint density at radius 3 is 2.72 bits per heavy atom. The normalized spacial score (nSPS) is 10.1. The zero-order chi connectivity index (χ0) is 13.5. The Balaban J connectivity index is 2.42.